The first-order valence-electron chi connectivity index (χ1n) is 8.80. The van der Waals surface area contributed by atoms with E-state index in [2.05, 4.69) is 48.0 Å². The molecule has 3 N–H and O–H groups in total. The Morgan fingerprint density at radius 2 is 1.71 bits per heavy atom. The summed E-state index contributed by atoms with van der Waals surface area (Å²) in [5.74, 6) is -0.785. The summed E-state index contributed by atoms with van der Waals surface area (Å²) in [6.07, 6.45) is -0.835. The van der Waals surface area contributed by atoms with Crippen LogP contribution in [0.15, 0.2) is 66.7 Å². The molecule has 11 heteroatoms. The number of thiocarbonyl (C=S) groups is 1. The fourth-order valence-electron chi connectivity index (χ4n) is 2.45. The van der Waals surface area contributed by atoms with Crippen LogP contribution in [0.4, 0.5) is 0 Å². The average Bonchev–Trinajstić information content (AvgIpc) is 2.73. The van der Waals surface area contributed by atoms with Gasteiger partial charge in [0.2, 0.25) is 0 Å². The van der Waals surface area contributed by atoms with Gasteiger partial charge in [0.1, 0.15) is 16.9 Å². The van der Waals surface area contributed by atoms with Crippen molar-refractivity contribution in [2.24, 2.45) is 0 Å². The molecule has 160 valence electrons. The first-order chi connectivity index (χ1) is 14.7. The van der Waals surface area contributed by atoms with Crippen LogP contribution in [0.2, 0.25) is 0 Å². The van der Waals surface area contributed by atoms with Gasteiger partial charge < -0.3 is 9.15 Å². The maximum absolute atomic E-state index is 12.4. The van der Waals surface area contributed by atoms with Crippen LogP contribution in [0.5, 0.6) is 5.75 Å². The quantitative estimate of drug-likeness (QED) is 0.251. The fourth-order valence-corrected chi connectivity index (χ4v) is 3.23. The number of carbonyl (C=O) groups is 2. The molecule has 0 spiro atoms. The second-order valence-electron chi connectivity index (χ2n) is 6.24. The van der Waals surface area contributed by atoms with Gasteiger partial charge in [0.15, 0.2) is 11.2 Å². The highest BCUT2D eigenvalue weighted by Gasteiger charge is 2.17. The summed E-state index contributed by atoms with van der Waals surface area (Å²) < 4.78 is 12.3. The van der Waals surface area contributed by atoms with Crippen LogP contribution in [-0.2, 0) is 4.79 Å². The molecule has 0 fully saturated rings. The molecule has 0 saturated heterocycles. The number of hydrogen-bond donors (Lipinski definition) is 3. The number of ether oxygens (including phenoxy) is 1. The SMILES string of the molecule is C[C@@H](Oc1ccc(Br)cc1)C(=O)NNC(=S)NC(=O)c1cc2cc(Br)ccc2oc1=O. The molecule has 2 aromatic carbocycles. The minimum atomic E-state index is -0.835. The van der Waals surface area contributed by atoms with Crippen LogP contribution in [0.25, 0.3) is 11.0 Å². The predicted molar refractivity (Wildman–Crippen MR) is 126 cm³/mol. The molecule has 3 rings (SSSR count). The smallest absolute Gasteiger partial charge is 0.349 e. The van der Waals surface area contributed by atoms with E-state index in [1.807, 2.05) is 0 Å². The zero-order valence-corrected chi connectivity index (χ0v) is 19.9. The summed E-state index contributed by atoms with van der Waals surface area (Å²) in [6.45, 7) is 1.55. The van der Waals surface area contributed by atoms with Gasteiger partial charge >= 0.3 is 5.63 Å². The zero-order chi connectivity index (χ0) is 22.5. The van der Waals surface area contributed by atoms with Crippen molar-refractivity contribution in [1.29, 1.82) is 0 Å². The van der Waals surface area contributed by atoms with Crippen LogP contribution in [-0.4, -0.2) is 23.0 Å². The fraction of sp³-hybridized carbons (Fsp3) is 0.100. The predicted octanol–water partition coefficient (Wildman–Crippen LogP) is 3.42. The molecule has 31 heavy (non-hydrogen) atoms. The lowest BCUT2D eigenvalue weighted by Gasteiger charge is -2.16. The molecule has 1 aromatic heterocycles. The lowest BCUT2D eigenvalue weighted by Crippen LogP contribution is -2.51. The molecule has 0 radical (unpaired) electrons. The number of fused-ring (bicyclic) bond motifs is 1. The normalized spacial score (nSPS) is 11.5. The molecule has 0 bridgehead atoms. The van der Waals surface area contributed by atoms with E-state index in [1.54, 1.807) is 49.4 Å². The van der Waals surface area contributed by atoms with Crippen molar-refractivity contribution in [1.82, 2.24) is 16.2 Å². The highest BCUT2D eigenvalue weighted by molar-refractivity contribution is 9.10. The standard InChI is InChI=1S/C20H15Br2N3O5S/c1-10(29-14-5-2-12(21)3-6-14)17(26)24-25-20(31)23-18(27)15-9-11-8-13(22)4-7-16(11)30-19(15)28/h2-10H,1H3,(H,24,26)(H2,23,25,27,31)/t10-/m1/s1. The van der Waals surface area contributed by atoms with Gasteiger partial charge in [0.05, 0.1) is 0 Å². The van der Waals surface area contributed by atoms with E-state index in [0.29, 0.717) is 16.7 Å². The lowest BCUT2D eigenvalue weighted by atomic mass is 10.2. The van der Waals surface area contributed by atoms with E-state index < -0.39 is 23.5 Å². The molecule has 2 amide bonds. The van der Waals surface area contributed by atoms with Crippen LogP contribution in [0, 0.1) is 0 Å². The number of halogens is 2. The highest BCUT2D eigenvalue weighted by atomic mass is 79.9. The molecule has 1 atom stereocenters. The van der Waals surface area contributed by atoms with E-state index in [-0.39, 0.29) is 10.7 Å². The van der Waals surface area contributed by atoms with E-state index in [1.165, 1.54) is 6.07 Å². The van der Waals surface area contributed by atoms with Crippen LogP contribution in [0.3, 0.4) is 0 Å². The molecule has 1 heterocycles. The van der Waals surface area contributed by atoms with Crippen LogP contribution in [0.1, 0.15) is 17.3 Å². The number of amides is 2. The molecule has 0 aliphatic heterocycles. The molecule has 0 saturated carbocycles. The molecule has 3 aromatic rings. The molecule has 0 unspecified atom stereocenters. The Hall–Kier alpha value is -2.76. The minimum Gasteiger partial charge on any atom is -0.481 e. The van der Waals surface area contributed by atoms with Crippen molar-refractivity contribution >= 4 is 72.0 Å². The summed E-state index contributed by atoms with van der Waals surface area (Å²) in [5.41, 5.74) is 4.04. The van der Waals surface area contributed by atoms with Crippen LogP contribution < -0.4 is 26.5 Å². The summed E-state index contributed by atoms with van der Waals surface area (Å²) >= 11 is 11.6. The number of nitrogens with one attached hydrogen (secondary N) is 3. The van der Waals surface area contributed by atoms with Gasteiger partial charge in [0.25, 0.3) is 11.8 Å². The molecule has 0 aliphatic carbocycles. The number of hydrogen-bond acceptors (Lipinski definition) is 6. The number of carbonyl (C=O) groups excluding carboxylic acids is 2. The second-order valence-corrected chi connectivity index (χ2v) is 8.48. The van der Waals surface area contributed by atoms with Crippen molar-refractivity contribution in [3.63, 3.8) is 0 Å². The maximum atomic E-state index is 12.4. The third-order valence-electron chi connectivity index (χ3n) is 3.96. The first-order valence-corrected chi connectivity index (χ1v) is 10.8. The molecular weight excluding hydrogens is 554 g/mol. The largest absolute Gasteiger partial charge is 0.481 e. The Bertz CT molecular complexity index is 1210. The van der Waals surface area contributed by atoms with Gasteiger partial charge in [-0.15, -0.1) is 0 Å². The molecule has 0 aliphatic rings. The van der Waals surface area contributed by atoms with Gasteiger partial charge in [-0.2, -0.15) is 0 Å². The molecular formula is C20H15Br2N3O5S. The van der Waals surface area contributed by atoms with Gasteiger partial charge in [-0.05, 0) is 67.7 Å². The third-order valence-corrected chi connectivity index (χ3v) is 5.19. The summed E-state index contributed by atoms with van der Waals surface area (Å²) in [5, 5.41) is 2.67. The number of rotatable bonds is 4. The summed E-state index contributed by atoms with van der Waals surface area (Å²) in [4.78, 5) is 36.7. The third kappa shape index (κ3) is 6.12. The maximum Gasteiger partial charge on any atom is 0.349 e. The van der Waals surface area contributed by atoms with E-state index in [0.717, 1.165) is 8.95 Å². The Labute approximate surface area is 198 Å². The van der Waals surface area contributed by atoms with E-state index >= 15 is 0 Å². The van der Waals surface area contributed by atoms with Gasteiger partial charge in [-0.3, -0.25) is 25.8 Å². The van der Waals surface area contributed by atoms with Gasteiger partial charge in [-0.1, -0.05) is 31.9 Å². The van der Waals surface area contributed by atoms with Crippen LogP contribution >= 0.6 is 44.1 Å². The Morgan fingerprint density at radius 3 is 2.42 bits per heavy atom. The second kappa shape index (κ2) is 10.0. The minimum absolute atomic E-state index is 0.206. The Morgan fingerprint density at radius 1 is 1.03 bits per heavy atom. The topological polar surface area (TPSA) is 110 Å². The first kappa shape index (κ1) is 22.9. The van der Waals surface area contributed by atoms with E-state index in [4.69, 9.17) is 21.4 Å². The monoisotopic (exact) mass is 567 g/mol. The van der Waals surface area contributed by atoms with Crippen molar-refractivity contribution in [3.8, 4) is 5.75 Å². The van der Waals surface area contributed by atoms with Crippen molar-refractivity contribution < 1.29 is 18.7 Å². The van der Waals surface area contributed by atoms with Gasteiger partial charge in [0, 0.05) is 14.3 Å². The molecule has 8 nitrogen and oxygen atoms in total. The van der Waals surface area contributed by atoms with E-state index in [9.17, 15) is 14.4 Å². The lowest BCUT2D eigenvalue weighted by molar-refractivity contribution is -0.127. The van der Waals surface area contributed by atoms with Gasteiger partial charge in [-0.25, -0.2) is 4.79 Å². The average molecular weight is 569 g/mol. The Kier molecular flexibility index (Phi) is 7.42. The summed E-state index contributed by atoms with van der Waals surface area (Å²) in [6, 6.07) is 13.4. The van der Waals surface area contributed by atoms with Crippen molar-refractivity contribution in [3.05, 3.63) is 73.5 Å². The number of hydrazine groups is 1. The highest BCUT2D eigenvalue weighted by Crippen LogP contribution is 2.19. The number of benzene rings is 2. The van der Waals surface area contributed by atoms with Crippen molar-refractivity contribution in [2.45, 2.75) is 13.0 Å². The zero-order valence-electron chi connectivity index (χ0n) is 15.9. The Balaban J connectivity index is 1.56. The van der Waals surface area contributed by atoms with Crippen molar-refractivity contribution in [2.75, 3.05) is 0 Å². The summed E-state index contributed by atoms with van der Waals surface area (Å²) in [7, 11) is 0.